The number of aromatic nitrogens is 2. The van der Waals surface area contributed by atoms with Crippen molar-refractivity contribution < 1.29 is 0 Å². The molecule has 20 heavy (non-hydrogen) atoms. The van der Waals surface area contributed by atoms with Gasteiger partial charge in [-0.25, -0.2) is 4.98 Å². The van der Waals surface area contributed by atoms with E-state index in [2.05, 4.69) is 38.0 Å². The first-order valence-electron chi connectivity index (χ1n) is 6.44. The molecule has 3 aromatic rings. The maximum Gasteiger partial charge on any atom is 0.0890 e. The average Bonchev–Trinajstić information content (AvgIpc) is 2.49. The number of nitrogens with two attached hydrogens (primary N) is 1. The molecule has 2 aromatic carbocycles. The van der Waals surface area contributed by atoms with Crippen molar-refractivity contribution in [3.8, 4) is 0 Å². The van der Waals surface area contributed by atoms with Crippen molar-refractivity contribution in [2.24, 2.45) is 5.73 Å². The summed E-state index contributed by atoms with van der Waals surface area (Å²) in [4.78, 5) is 9.00. The molecule has 1 atom stereocenters. The van der Waals surface area contributed by atoms with Gasteiger partial charge in [-0.3, -0.25) is 4.98 Å². The van der Waals surface area contributed by atoms with E-state index >= 15 is 0 Å². The molecule has 1 heterocycles. The van der Waals surface area contributed by atoms with Gasteiger partial charge in [0.05, 0.1) is 29.0 Å². The second kappa shape index (κ2) is 5.69. The van der Waals surface area contributed by atoms with Crippen molar-refractivity contribution in [2.45, 2.75) is 12.5 Å². The maximum atomic E-state index is 6.24. The van der Waals surface area contributed by atoms with Crippen molar-refractivity contribution in [3.05, 3.63) is 70.5 Å². The summed E-state index contributed by atoms with van der Waals surface area (Å²) in [5, 5.41) is 0. The van der Waals surface area contributed by atoms with Crippen LogP contribution in [0.25, 0.3) is 11.0 Å². The average molecular weight is 328 g/mol. The molecule has 4 heteroatoms. The van der Waals surface area contributed by atoms with E-state index in [1.54, 1.807) is 6.20 Å². The van der Waals surface area contributed by atoms with Crippen LogP contribution in [-0.4, -0.2) is 9.97 Å². The number of hydrogen-bond donors (Lipinski definition) is 1. The Morgan fingerprint density at radius 2 is 1.70 bits per heavy atom. The molecule has 1 aromatic heterocycles. The van der Waals surface area contributed by atoms with Crippen LogP contribution in [0.3, 0.4) is 0 Å². The predicted octanol–water partition coefficient (Wildman–Crippen LogP) is 3.63. The summed E-state index contributed by atoms with van der Waals surface area (Å²) in [6.07, 6.45) is 2.52. The van der Waals surface area contributed by atoms with Crippen LogP contribution in [0.2, 0.25) is 0 Å². The topological polar surface area (TPSA) is 51.8 Å². The molecule has 0 fully saturated rings. The normalized spacial score (nSPS) is 12.5. The summed E-state index contributed by atoms with van der Waals surface area (Å²) in [6, 6.07) is 15.9. The highest BCUT2D eigenvalue weighted by molar-refractivity contribution is 9.10. The first-order valence-corrected chi connectivity index (χ1v) is 7.23. The van der Waals surface area contributed by atoms with Crippen LogP contribution >= 0.6 is 15.9 Å². The molecule has 0 bridgehead atoms. The van der Waals surface area contributed by atoms with Crippen molar-refractivity contribution >= 4 is 27.0 Å². The van der Waals surface area contributed by atoms with Gasteiger partial charge in [0.2, 0.25) is 0 Å². The Hall–Kier alpha value is -1.78. The molecule has 0 radical (unpaired) electrons. The molecule has 0 aliphatic heterocycles. The third-order valence-corrected chi connectivity index (χ3v) is 3.74. The smallest absolute Gasteiger partial charge is 0.0890 e. The number of rotatable bonds is 3. The van der Waals surface area contributed by atoms with E-state index < -0.39 is 0 Å². The molecular weight excluding hydrogens is 314 g/mol. The molecule has 0 spiro atoms. The fraction of sp³-hybridized carbons (Fsp3) is 0.125. The minimum Gasteiger partial charge on any atom is -0.322 e. The first kappa shape index (κ1) is 13.2. The highest BCUT2D eigenvalue weighted by atomic mass is 79.9. The Kier molecular flexibility index (Phi) is 3.76. The molecule has 0 saturated carbocycles. The number of para-hydroxylation sites is 2. The van der Waals surface area contributed by atoms with E-state index in [1.165, 1.54) is 5.56 Å². The second-order valence-electron chi connectivity index (χ2n) is 4.72. The summed E-state index contributed by atoms with van der Waals surface area (Å²) in [6.45, 7) is 0. The van der Waals surface area contributed by atoms with E-state index in [0.717, 1.165) is 27.6 Å². The van der Waals surface area contributed by atoms with Gasteiger partial charge in [0.1, 0.15) is 0 Å². The fourth-order valence-electron chi connectivity index (χ4n) is 2.13. The summed E-state index contributed by atoms with van der Waals surface area (Å²) < 4.78 is 1.07. The number of hydrogen-bond acceptors (Lipinski definition) is 3. The molecule has 3 nitrogen and oxygen atoms in total. The quantitative estimate of drug-likeness (QED) is 0.799. The van der Waals surface area contributed by atoms with Crippen molar-refractivity contribution in [1.82, 2.24) is 9.97 Å². The van der Waals surface area contributed by atoms with Crippen LogP contribution in [0, 0.1) is 0 Å². The van der Waals surface area contributed by atoms with Gasteiger partial charge < -0.3 is 5.73 Å². The van der Waals surface area contributed by atoms with Gasteiger partial charge in [-0.05, 0) is 36.2 Å². The van der Waals surface area contributed by atoms with E-state index in [0.29, 0.717) is 0 Å². The number of fused-ring (bicyclic) bond motifs is 1. The highest BCUT2D eigenvalue weighted by Crippen LogP contribution is 2.18. The van der Waals surface area contributed by atoms with Gasteiger partial charge in [-0.1, -0.05) is 40.2 Å². The summed E-state index contributed by atoms with van der Waals surface area (Å²) in [7, 11) is 0. The number of halogens is 1. The minimum absolute atomic E-state index is 0.145. The lowest BCUT2D eigenvalue weighted by atomic mass is 10.0. The molecule has 2 N–H and O–H groups in total. The largest absolute Gasteiger partial charge is 0.322 e. The van der Waals surface area contributed by atoms with Gasteiger partial charge in [-0.2, -0.15) is 0 Å². The van der Waals surface area contributed by atoms with Crippen LogP contribution < -0.4 is 5.73 Å². The maximum absolute atomic E-state index is 6.24. The van der Waals surface area contributed by atoms with Gasteiger partial charge in [0.15, 0.2) is 0 Å². The molecule has 0 saturated heterocycles. The predicted molar refractivity (Wildman–Crippen MR) is 84.3 cm³/mol. The van der Waals surface area contributed by atoms with E-state index in [4.69, 9.17) is 5.73 Å². The Bertz CT molecular complexity index is 725. The van der Waals surface area contributed by atoms with Crippen LogP contribution in [0.5, 0.6) is 0 Å². The number of nitrogens with zero attached hydrogens (tertiary/aromatic N) is 2. The van der Waals surface area contributed by atoms with Crippen LogP contribution in [0.1, 0.15) is 17.3 Å². The van der Waals surface area contributed by atoms with Crippen LogP contribution in [-0.2, 0) is 6.42 Å². The Morgan fingerprint density at radius 1 is 1.00 bits per heavy atom. The van der Waals surface area contributed by atoms with Gasteiger partial charge in [0.25, 0.3) is 0 Å². The summed E-state index contributed by atoms with van der Waals surface area (Å²) in [5.74, 6) is 0. The molecule has 0 amide bonds. The molecular formula is C16H14BrN3. The summed E-state index contributed by atoms with van der Waals surface area (Å²) in [5.41, 5.74) is 10.0. The van der Waals surface area contributed by atoms with Crippen LogP contribution in [0.15, 0.2) is 59.2 Å². The zero-order valence-electron chi connectivity index (χ0n) is 10.8. The standard InChI is InChI=1S/C16H14BrN3/c17-12-7-5-11(6-8-12)9-13(18)16-10-19-14-3-1-2-4-15(14)20-16/h1-8,10,13H,9,18H2. The van der Waals surface area contributed by atoms with Gasteiger partial charge in [-0.15, -0.1) is 0 Å². The summed E-state index contributed by atoms with van der Waals surface area (Å²) >= 11 is 3.43. The zero-order chi connectivity index (χ0) is 13.9. The molecule has 1 unspecified atom stereocenters. The SMILES string of the molecule is NC(Cc1ccc(Br)cc1)c1cnc2ccccc2n1. The molecule has 0 aliphatic carbocycles. The second-order valence-corrected chi connectivity index (χ2v) is 5.64. The minimum atomic E-state index is -0.145. The van der Waals surface area contributed by atoms with Crippen molar-refractivity contribution in [3.63, 3.8) is 0 Å². The van der Waals surface area contributed by atoms with Crippen molar-refractivity contribution in [1.29, 1.82) is 0 Å². The van der Waals surface area contributed by atoms with Crippen molar-refractivity contribution in [2.75, 3.05) is 0 Å². The lowest BCUT2D eigenvalue weighted by Gasteiger charge is -2.11. The first-order chi connectivity index (χ1) is 9.72. The third-order valence-electron chi connectivity index (χ3n) is 3.22. The number of benzene rings is 2. The Balaban J connectivity index is 1.84. The molecule has 0 aliphatic rings. The van der Waals surface area contributed by atoms with Gasteiger partial charge in [0, 0.05) is 4.47 Å². The Labute approximate surface area is 126 Å². The Morgan fingerprint density at radius 3 is 2.45 bits per heavy atom. The zero-order valence-corrected chi connectivity index (χ0v) is 12.4. The highest BCUT2D eigenvalue weighted by Gasteiger charge is 2.10. The van der Waals surface area contributed by atoms with Gasteiger partial charge >= 0.3 is 0 Å². The lowest BCUT2D eigenvalue weighted by molar-refractivity contribution is 0.696. The fourth-order valence-corrected chi connectivity index (χ4v) is 2.39. The molecule has 3 rings (SSSR count). The van der Waals surface area contributed by atoms with Crippen LogP contribution in [0.4, 0.5) is 0 Å². The van der Waals surface area contributed by atoms with E-state index in [-0.39, 0.29) is 6.04 Å². The van der Waals surface area contributed by atoms with E-state index in [1.807, 2.05) is 36.4 Å². The third kappa shape index (κ3) is 2.86. The lowest BCUT2D eigenvalue weighted by Crippen LogP contribution is -2.15. The van der Waals surface area contributed by atoms with E-state index in [9.17, 15) is 0 Å². The monoisotopic (exact) mass is 327 g/mol. The molecule has 100 valence electrons.